The van der Waals surface area contributed by atoms with E-state index >= 15 is 0 Å². The molecule has 0 radical (unpaired) electrons. The number of morpholine rings is 1. The number of hydrogen-bond donors (Lipinski definition) is 2. The molecule has 3 aromatic rings. The second-order valence-corrected chi connectivity index (χ2v) is 8.20. The maximum absolute atomic E-state index is 12.3. The minimum Gasteiger partial charge on any atom is -0.379 e. The van der Waals surface area contributed by atoms with Gasteiger partial charge in [-0.05, 0) is 49.4 Å². The molecule has 0 spiro atoms. The average molecular weight is 438 g/mol. The Kier molecular flexibility index (Phi) is 6.94. The molecule has 2 aromatic heterocycles. The van der Waals surface area contributed by atoms with Crippen LogP contribution in [0.3, 0.4) is 0 Å². The highest BCUT2D eigenvalue weighted by molar-refractivity contribution is 7.15. The van der Waals surface area contributed by atoms with E-state index in [2.05, 4.69) is 26.8 Å². The predicted molar refractivity (Wildman–Crippen MR) is 118 cm³/mol. The third kappa shape index (κ3) is 5.70. The van der Waals surface area contributed by atoms with Crippen LogP contribution in [-0.2, 0) is 4.74 Å². The second-order valence-electron chi connectivity index (χ2n) is 7.12. The van der Waals surface area contributed by atoms with E-state index in [1.165, 1.54) is 11.3 Å². The van der Waals surface area contributed by atoms with Gasteiger partial charge in [0.2, 0.25) is 5.88 Å². The van der Waals surface area contributed by atoms with E-state index in [1.54, 1.807) is 24.3 Å². The van der Waals surface area contributed by atoms with Gasteiger partial charge in [-0.3, -0.25) is 9.69 Å². The number of carbonyl (C=O) groups is 1. The van der Waals surface area contributed by atoms with E-state index in [4.69, 9.17) is 14.5 Å². The van der Waals surface area contributed by atoms with Gasteiger partial charge in [0, 0.05) is 37.0 Å². The van der Waals surface area contributed by atoms with Crippen LogP contribution in [0.2, 0.25) is 0 Å². The molecule has 1 aliphatic heterocycles. The van der Waals surface area contributed by atoms with Gasteiger partial charge >= 0.3 is 0 Å². The largest absolute Gasteiger partial charge is 0.379 e. The molecule has 0 aliphatic carbocycles. The zero-order valence-corrected chi connectivity index (χ0v) is 17.8. The molecule has 8 nitrogen and oxygen atoms in total. The van der Waals surface area contributed by atoms with Gasteiger partial charge in [-0.25, -0.2) is 0 Å². The Morgan fingerprint density at radius 1 is 1.19 bits per heavy atom. The molecule has 31 heavy (non-hydrogen) atoms. The first kappa shape index (κ1) is 21.1. The molecule has 1 aliphatic rings. The van der Waals surface area contributed by atoms with Crippen LogP contribution in [0.25, 0.3) is 10.6 Å². The van der Waals surface area contributed by atoms with E-state index in [9.17, 15) is 4.79 Å². The van der Waals surface area contributed by atoms with Gasteiger partial charge in [-0.15, -0.1) is 11.3 Å². The highest BCUT2D eigenvalue weighted by Gasteiger charge is 2.12. The van der Waals surface area contributed by atoms with E-state index in [0.29, 0.717) is 28.6 Å². The third-order valence-electron chi connectivity index (χ3n) is 4.93. The van der Waals surface area contributed by atoms with Gasteiger partial charge in [0.05, 0.1) is 18.1 Å². The van der Waals surface area contributed by atoms with E-state index in [-0.39, 0.29) is 5.91 Å². The van der Waals surface area contributed by atoms with Crippen LogP contribution < -0.4 is 10.6 Å². The number of hydrogen-bond acceptors (Lipinski definition) is 8. The molecule has 1 aromatic carbocycles. The van der Waals surface area contributed by atoms with Crippen LogP contribution >= 0.6 is 11.3 Å². The average Bonchev–Trinajstić information content (AvgIpc) is 3.47. The van der Waals surface area contributed by atoms with Crippen LogP contribution in [-0.4, -0.2) is 55.4 Å². The fourth-order valence-electron chi connectivity index (χ4n) is 3.26. The SMILES string of the molecule is N#Cc1ccc(-c2cc(Nc3ccc(C(=O)NCCCN4CCOCC4)cc3)on2)s1. The van der Waals surface area contributed by atoms with Crippen LogP contribution in [0.15, 0.2) is 47.0 Å². The van der Waals surface area contributed by atoms with Crippen LogP contribution in [0, 0.1) is 11.3 Å². The summed E-state index contributed by atoms with van der Waals surface area (Å²) in [5, 5.41) is 19.1. The smallest absolute Gasteiger partial charge is 0.251 e. The molecule has 1 saturated heterocycles. The van der Waals surface area contributed by atoms with E-state index in [0.717, 1.165) is 49.8 Å². The normalized spacial score (nSPS) is 14.2. The van der Waals surface area contributed by atoms with Crippen molar-refractivity contribution < 1.29 is 14.1 Å². The Labute approximate surface area is 184 Å². The minimum absolute atomic E-state index is 0.0820. The summed E-state index contributed by atoms with van der Waals surface area (Å²) in [6, 6.07) is 14.7. The summed E-state index contributed by atoms with van der Waals surface area (Å²) >= 11 is 1.36. The Morgan fingerprint density at radius 2 is 2.00 bits per heavy atom. The maximum atomic E-state index is 12.3. The number of thiophene rings is 1. The molecule has 0 saturated carbocycles. The van der Waals surface area contributed by atoms with Crippen molar-refractivity contribution in [2.45, 2.75) is 6.42 Å². The van der Waals surface area contributed by atoms with Gasteiger partial charge in [0.15, 0.2) is 0 Å². The summed E-state index contributed by atoms with van der Waals surface area (Å²) in [6.07, 6.45) is 0.916. The van der Waals surface area contributed by atoms with Crippen LogP contribution in [0.1, 0.15) is 21.7 Å². The van der Waals surface area contributed by atoms with Crippen molar-refractivity contribution in [3.63, 3.8) is 0 Å². The first-order valence-corrected chi connectivity index (χ1v) is 11.0. The van der Waals surface area contributed by atoms with Crippen molar-refractivity contribution in [3.05, 3.63) is 52.9 Å². The van der Waals surface area contributed by atoms with E-state index < -0.39 is 0 Å². The van der Waals surface area contributed by atoms with Gasteiger partial charge in [-0.2, -0.15) is 5.26 Å². The monoisotopic (exact) mass is 437 g/mol. The number of nitrogens with one attached hydrogen (secondary N) is 2. The molecular formula is C22H23N5O3S. The van der Waals surface area contributed by atoms with Gasteiger partial charge in [0.1, 0.15) is 16.6 Å². The number of anilines is 2. The summed E-state index contributed by atoms with van der Waals surface area (Å²) in [4.78, 5) is 16.2. The zero-order chi connectivity index (χ0) is 21.5. The standard InChI is InChI=1S/C22H23N5O3S/c23-15-18-6-7-20(31-18)19-14-21(30-26-19)25-17-4-2-16(3-5-17)22(28)24-8-1-9-27-10-12-29-13-11-27/h2-7,14,25H,1,8-13H2,(H,24,28). The Balaban J connectivity index is 1.25. The fourth-order valence-corrected chi connectivity index (χ4v) is 4.02. The van der Waals surface area contributed by atoms with Crippen LogP contribution in [0.5, 0.6) is 0 Å². The number of benzene rings is 1. The highest BCUT2D eigenvalue weighted by atomic mass is 32.1. The third-order valence-corrected chi connectivity index (χ3v) is 5.95. The number of nitriles is 1. The van der Waals surface area contributed by atoms with Gasteiger partial charge < -0.3 is 19.9 Å². The number of rotatable bonds is 8. The lowest BCUT2D eigenvalue weighted by Gasteiger charge is -2.26. The van der Waals surface area contributed by atoms with Gasteiger partial charge in [-0.1, -0.05) is 5.16 Å². The fraction of sp³-hybridized carbons (Fsp3) is 0.318. The summed E-state index contributed by atoms with van der Waals surface area (Å²) in [6.45, 7) is 5.12. The summed E-state index contributed by atoms with van der Waals surface area (Å²) in [7, 11) is 0. The number of amides is 1. The molecule has 160 valence electrons. The molecule has 3 heterocycles. The molecular weight excluding hydrogens is 414 g/mol. The Bertz CT molecular complexity index is 1050. The minimum atomic E-state index is -0.0820. The van der Waals surface area contributed by atoms with Crippen LogP contribution in [0.4, 0.5) is 11.6 Å². The molecule has 1 amide bonds. The van der Waals surface area contributed by atoms with Crippen molar-refractivity contribution in [1.29, 1.82) is 5.26 Å². The second kappa shape index (κ2) is 10.2. The molecule has 2 N–H and O–H groups in total. The number of ether oxygens (including phenoxy) is 1. The van der Waals surface area contributed by atoms with Gasteiger partial charge in [0.25, 0.3) is 5.91 Å². The summed E-state index contributed by atoms with van der Waals surface area (Å²) in [5.74, 6) is 0.406. The molecule has 9 heteroatoms. The number of aromatic nitrogens is 1. The number of nitrogens with zero attached hydrogens (tertiary/aromatic N) is 3. The molecule has 0 bridgehead atoms. The molecule has 1 fully saturated rings. The van der Waals surface area contributed by atoms with Crippen molar-refractivity contribution in [3.8, 4) is 16.6 Å². The molecule has 0 atom stereocenters. The first-order valence-electron chi connectivity index (χ1n) is 10.1. The Hall–Kier alpha value is -3.19. The molecule has 4 rings (SSSR count). The summed E-state index contributed by atoms with van der Waals surface area (Å²) < 4.78 is 10.7. The maximum Gasteiger partial charge on any atom is 0.251 e. The van der Waals surface area contributed by atoms with Crippen molar-refractivity contribution in [2.75, 3.05) is 44.7 Å². The quantitative estimate of drug-likeness (QED) is 0.520. The Morgan fingerprint density at radius 3 is 2.74 bits per heavy atom. The van der Waals surface area contributed by atoms with Crippen molar-refractivity contribution >= 4 is 28.8 Å². The highest BCUT2D eigenvalue weighted by Crippen LogP contribution is 2.29. The summed E-state index contributed by atoms with van der Waals surface area (Å²) in [5.41, 5.74) is 2.07. The number of carbonyl (C=O) groups excluding carboxylic acids is 1. The lowest BCUT2D eigenvalue weighted by Crippen LogP contribution is -2.38. The zero-order valence-electron chi connectivity index (χ0n) is 17.0. The van der Waals surface area contributed by atoms with E-state index in [1.807, 2.05) is 18.2 Å². The lowest BCUT2D eigenvalue weighted by molar-refractivity contribution is 0.0374. The lowest BCUT2D eigenvalue weighted by atomic mass is 10.2. The topological polar surface area (TPSA) is 103 Å². The predicted octanol–water partition coefficient (Wildman–Crippen LogP) is 3.47. The molecule has 0 unspecified atom stereocenters. The van der Waals surface area contributed by atoms with Crippen molar-refractivity contribution in [1.82, 2.24) is 15.4 Å². The van der Waals surface area contributed by atoms with Crippen molar-refractivity contribution in [2.24, 2.45) is 0 Å². The first-order chi connectivity index (χ1) is 15.2.